The molecule has 0 N–H and O–H groups in total. The number of halogens is 3. The van der Waals surface area contributed by atoms with Crippen molar-refractivity contribution in [1.29, 1.82) is 0 Å². The lowest BCUT2D eigenvalue weighted by atomic mass is 10.3. The van der Waals surface area contributed by atoms with Crippen molar-refractivity contribution in [2.45, 2.75) is 4.90 Å². The molecule has 0 aliphatic rings. The third kappa shape index (κ3) is 1.74. The Morgan fingerprint density at radius 1 is 1.30 bits per heavy atom. The van der Waals surface area contributed by atoms with E-state index in [1.54, 1.807) is 0 Å². The fourth-order valence-electron chi connectivity index (χ4n) is 0.542. The van der Waals surface area contributed by atoms with Gasteiger partial charge in [0, 0.05) is 13.8 Å². The fourth-order valence-corrected chi connectivity index (χ4v) is 1.60. The van der Waals surface area contributed by atoms with Gasteiger partial charge >= 0.3 is 0 Å². The molecule has 10 heavy (non-hydrogen) atoms. The number of hydrogen-bond donors (Lipinski definition) is 1. The molecule has 0 amide bonds. The summed E-state index contributed by atoms with van der Waals surface area (Å²) in [4.78, 5) is 0.590. The van der Waals surface area contributed by atoms with Crippen LogP contribution in [0.2, 0.25) is 0 Å². The molecule has 0 aliphatic carbocycles. The average Bonchev–Trinajstić information content (AvgIpc) is 1.82. The van der Waals surface area contributed by atoms with E-state index in [1.807, 2.05) is 0 Å². The van der Waals surface area contributed by atoms with Crippen LogP contribution in [0.3, 0.4) is 0 Å². The van der Waals surface area contributed by atoms with E-state index < -0.39 is 0 Å². The van der Waals surface area contributed by atoms with Gasteiger partial charge in [-0.3, -0.25) is 0 Å². The molecule has 0 unspecified atom stereocenters. The highest BCUT2D eigenvalue weighted by atomic mass is 79.9. The zero-order valence-corrected chi connectivity index (χ0v) is 8.80. The van der Waals surface area contributed by atoms with Crippen LogP contribution < -0.4 is 0 Å². The molecule has 0 radical (unpaired) electrons. The summed E-state index contributed by atoms with van der Waals surface area (Å²) in [5.41, 5.74) is 0. The summed E-state index contributed by atoms with van der Waals surface area (Å²) in [6.45, 7) is 0. The molecule has 0 aliphatic heterocycles. The van der Waals surface area contributed by atoms with Gasteiger partial charge in [-0.05, 0) is 44.0 Å². The summed E-state index contributed by atoms with van der Waals surface area (Å²) in [6, 6.07) is 2.72. The lowest BCUT2D eigenvalue weighted by molar-refractivity contribution is 0.622. The number of thiol groups is 1. The largest absolute Gasteiger partial charge is 0.207 e. The molecule has 0 fully saturated rings. The number of rotatable bonds is 0. The summed E-state index contributed by atoms with van der Waals surface area (Å²) in [5.74, 6) is -0.292. The second-order valence-corrected chi connectivity index (χ2v) is 3.85. The van der Waals surface area contributed by atoms with Gasteiger partial charge in [-0.2, -0.15) is 0 Å². The fraction of sp³-hybridized carbons (Fsp3) is 0. The van der Waals surface area contributed by atoms with Gasteiger partial charge in [0.2, 0.25) is 0 Å². The molecule has 0 saturated heterocycles. The maximum atomic E-state index is 12.5. The van der Waals surface area contributed by atoms with Gasteiger partial charge in [-0.15, -0.1) is 12.6 Å². The van der Waals surface area contributed by atoms with E-state index in [4.69, 9.17) is 0 Å². The minimum absolute atomic E-state index is 0.292. The maximum absolute atomic E-state index is 12.5. The van der Waals surface area contributed by atoms with Gasteiger partial charge in [0.1, 0.15) is 5.82 Å². The van der Waals surface area contributed by atoms with Gasteiger partial charge in [0.25, 0.3) is 0 Å². The molecule has 0 aromatic heterocycles. The molecule has 1 aromatic carbocycles. The van der Waals surface area contributed by atoms with Gasteiger partial charge < -0.3 is 0 Å². The monoisotopic (exact) mass is 284 g/mol. The van der Waals surface area contributed by atoms with Crippen molar-refractivity contribution in [2.24, 2.45) is 0 Å². The predicted octanol–water partition coefficient (Wildman–Crippen LogP) is 3.64. The molecule has 4 heteroatoms. The van der Waals surface area contributed by atoms with Crippen LogP contribution in [-0.4, -0.2) is 0 Å². The standard InChI is InChI=1S/C6H3Br2FS/c7-4-1-3(9)2-5(10)6(4)8/h1-2,10H. The quantitative estimate of drug-likeness (QED) is 0.546. The van der Waals surface area contributed by atoms with Crippen molar-refractivity contribution in [2.75, 3.05) is 0 Å². The van der Waals surface area contributed by atoms with Crippen LogP contribution in [0.5, 0.6) is 0 Å². The Balaban J connectivity index is 3.31. The highest BCUT2D eigenvalue weighted by molar-refractivity contribution is 9.13. The van der Waals surface area contributed by atoms with Gasteiger partial charge in [0.05, 0.1) is 0 Å². The van der Waals surface area contributed by atoms with Crippen molar-refractivity contribution in [1.82, 2.24) is 0 Å². The first kappa shape index (κ1) is 8.56. The molecule has 0 saturated carbocycles. The van der Waals surface area contributed by atoms with Gasteiger partial charge in [-0.1, -0.05) is 0 Å². The second kappa shape index (κ2) is 3.24. The van der Waals surface area contributed by atoms with Crippen LogP contribution in [0, 0.1) is 5.82 Å². The number of benzene rings is 1. The molecule has 0 nitrogen and oxygen atoms in total. The molecular formula is C6H3Br2FS. The third-order valence-corrected chi connectivity index (χ3v) is 3.64. The van der Waals surface area contributed by atoms with Crippen LogP contribution in [0.4, 0.5) is 4.39 Å². The van der Waals surface area contributed by atoms with E-state index in [0.29, 0.717) is 9.37 Å². The van der Waals surface area contributed by atoms with Crippen LogP contribution >= 0.6 is 44.5 Å². The third-order valence-electron chi connectivity index (χ3n) is 0.974. The van der Waals surface area contributed by atoms with Crippen LogP contribution in [-0.2, 0) is 0 Å². The van der Waals surface area contributed by atoms with Crippen molar-refractivity contribution >= 4 is 44.5 Å². The van der Waals surface area contributed by atoms with Crippen LogP contribution in [0.15, 0.2) is 26.0 Å². The Morgan fingerprint density at radius 2 is 1.90 bits per heavy atom. The molecule has 1 rings (SSSR count). The van der Waals surface area contributed by atoms with Gasteiger partial charge in [0.15, 0.2) is 0 Å². The SMILES string of the molecule is Fc1cc(S)c(Br)c(Br)c1. The van der Waals surface area contributed by atoms with E-state index in [1.165, 1.54) is 12.1 Å². The predicted molar refractivity (Wildman–Crippen MR) is 49.1 cm³/mol. The normalized spacial score (nSPS) is 10.0. The van der Waals surface area contributed by atoms with E-state index in [2.05, 4.69) is 44.5 Å². The topological polar surface area (TPSA) is 0 Å². The molecule has 0 heterocycles. The van der Waals surface area contributed by atoms with Crippen LogP contribution in [0.1, 0.15) is 0 Å². The van der Waals surface area contributed by atoms with E-state index in [0.717, 1.165) is 4.47 Å². The second-order valence-electron chi connectivity index (χ2n) is 1.72. The minimum atomic E-state index is -0.292. The molecule has 0 bridgehead atoms. The smallest absolute Gasteiger partial charge is 0.125 e. The van der Waals surface area contributed by atoms with E-state index >= 15 is 0 Å². The highest BCUT2D eigenvalue weighted by Gasteiger charge is 2.02. The summed E-state index contributed by atoms with van der Waals surface area (Å²) >= 11 is 10.4. The molecule has 0 spiro atoms. The molecular weight excluding hydrogens is 283 g/mol. The first-order chi connectivity index (χ1) is 4.61. The van der Waals surface area contributed by atoms with Crippen molar-refractivity contribution < 1.29 is 4.39 Å². The Bertz CT molecular complexity index is 239. The first-order valence-electron chi connectivity index (χ1n) is 2.45. The molecule has 1 aromatic rings. The Labute approximate surface area is 80.5 Å². The average molecular weight is 286 g/mol. The summed E-state index contributed by atoms with van der Waals surface area (Å²) in [6.07, 6.45) is 0. The lowest BCUT2D eigenvalue weighted by Crippen LogP contribution is -1.77. The molecule has 0 atom stereocenters. The lowest BCUT2D eigenvalue weighted by Gasteiger charge is -1.98. The van der Waals surface area contributed by atoms with Gasteiger partial charge in [-0.25, -0.2) is 4.39 Å². The summed E-state index contributed by atoms with van der Waals surface area (Å²) in [7, 11) is 0. The molecule has 54 valence electrons. The van der Waals surface area contributed by atoms with Crippen molar-refractivity contribution in [3.63, 3.8) is 0 Å². The Morgan fingerprint density at radius 3 is 2.40 bits per heavy atom. The Kier molecular flexibility index (Phi) is 2.77. The van der Waals surface area contributed by atoms with Crippen LogP contribution in [0.25, 0.3) is 0 Å². The van der Waals surface area contributed by atoms with Crippen molar-refractivity contribution in [3.8, 4) is 0 Å². The highest BCUT2D eigenvalue weighted by Crippen LogP contribution is 2.29. The van der Waals surface area contributed by atoms with E-state index in [-0.39, 0.29) is 5.82 Å². The minimum Gasteiger partial charge on any atom is -0.207 e. The van der Waals surface area contributed by atoms with Crippen molar-refractivity contribution in [3.05, 3.63) is 26.9 Å². The maximum Gasteiger partial charge on any atom is 0.125 e. The summed E-state index contributed by atoms with van der Waals surface area (Å²) < 4.78 is 14.0. The number of hydrogen-bond acceptors (Lipinski definition) is 1. The Hall–Kier alpha value is 0.460. The summed E-state index contributed by atoms with van der Waals surface area (Å²) in [5, 5.41) is 0. The zero-order chi connectivity index (χ0) is 7.72. The first-order valence-corrected chi connectivity index (χ1v) is 4.48. The van der Waals surface area contributed by atoms with E-state index in [9.17, 15) is 4.39 Å². The zero-order valence-electron chi connectivity index (χ0n) is 4.74.